The summed E-state index contributed by atoms with van der Waals surface area (Å²) in [5.41, 5.74) is 0. The molecule has 0 aliphatic carbocycles. The molecule has 0 fully saturated rings. The third kappa shape index (κ3) is 6.23. The second-order valence-electron chi connectivity index (χ2n) is 1.80. The van der Waals surface area contributed by atoms with E-state index < -0.39 is 10.6 Å². The van der Waals surface area contributed by atoms with Crippen LogP contribution in [0.4, 0.5) is 0 Å². The van der Waals surface area contributed by atoms with Crippen LogP contribution in [0.25, 0.3) is 0 Å². The van der Waals surface area contributed by atoms with Gasteiger partial charge in [0, 0.05) is 18.6 Å². The summed E-state index contributed by atoms with van der Waals surface area (Å²) in [7, 11) is -0.466. The predicted molar refractivity (Wildman–Crippen MR) is 37.6 cm³/mol. The van der Waals surface area contributed by atoms with Crippen molar-refractivity contribution in [2.45, 2.75) is 0 Å². The molecule has 0 saturated carbocycles. The van der Waals surface area contributed by atoms with Crippen LogP contribution in [-0.2, 0) is 0 Å². The van der Waals surface area contributed by atoms with E-state index in [9.17, 15) is 0 Å². The van der Waals surface area contributed by atoms with Crippen LogP contribution in [0.2, 0.25) is 0 Å². The third-order valence-electron chi connectivity index (χ3n) is 0.739. The van der Waals surface area contributed by atoms with Crippen molar-refractivity contribution >= 4 is 10.6 Å². The first-order chi connectivity index (χ1) is 3.56. The van der Waals surface area contributed by atoms with E-state index in [4.69, 9.17) is 9.11 Å². The molecule has 3 N–H and O–H groups in total. The Kier molecular flexibility index (Phi) is 3.39. The van der Waals surface area contributed by atoms with Gasteiger partial charge in [0.15, 0.2) is 0 Å². The van der Waals surface area contributed by atoms with Crippen LogP contribution in [-0.4, -0.2) is 34.7 Å². The van der Waals surface area contributed by atoms with E-state index in [0.717, 1.165) is 0 Å². The maximum atomic E-state index is 8.75. The van der Waals surface area contributed by atoms with Crippen LogP contribution in [0.1, 0.15) is 0 Å². The molecule has 0 aliphatic heterocycles. The number of rotatable bonds is 3. The smallest absolute Gasteiger partial charge is 0.0496 e. The van der Waals surface area contributed by atoms with Gasteiger partial charge in [-0.3, -0.25) is 9.11 Å². The van der Waals surface area contributed by atoms with Gasteiger partial charge >= 0.3 is 0 Å². The number of nitrogens with one attached hydrogen (secondary N) is 1. The average molecular weight is 139 g/mol. The second-order valence-corrected chi connectivity index (χ2v) is 4.20. The Bertz CT molecular complexity index is 61.5. The molecule has 0 amide bonds. The molecule has 0 atom stereocenters. The molecule has 0 aromatic heterocycles. The lowest BCUT2D eigenvalue weighted by Crippen LogP contribution is -2.15. The van der Waals surface area contributed by atoms with Gasteiger partial charge in [-0.1, -0.05) is 0 Å². The van der Waals surface area contributed by atoms with Crippen molar-refractivity contribution in [3.63, 3.8) is 0 Å². The Morgan fingerprint density at radius 3 is 2.12 bits per heavy atom. The molecule has 0 aromatic carbocycles. The summed E-state index contributed by atoms with van der Waals surface area (Å²) in [6.07, 6.45) is 1.45. The minimum absolute atomic E-state index is 0.448. The van der Waals surface area contributed by atoms with E-state index in [1.165, 1.54) is 6.26 Å². The van der Waals surface area contributed by atoms with Gasteiger partial charge in [-0.15, -0.1) is 0 Å². The Hall–Kier alpha value is 0.230. The fraction of sp³-hybridized carbons (Fsp3) is 1.00. The molecule has 0 bridgehead atoms. The maximum Gasteiger partial charge on any atom is 0.0496 e. The molecular weight excluding hydrogens is 126 g/mol. The van der Waals surface area contributed by atoms with Gasteiger partial charge in [-0.05, 0) is 7.05 Å². The minimum Gasteiger partial charge on any atom is -0.318 e. The lowest BCUT2D eigenvalue weighted by Gasteiger charge is -2.25. The molecule has 0 rings (SSSR count). The number of hydrogen-bond acceptors (Lipinski definition) is 3. The van der Waals surface area contributed by atoms with Gasteiger partial charge in [-0.2, -0.15) is 10.6 Å². The fourth-order valence-electron chi connectivity index (χ4n) is 0.295. The monoisotopic (exact) mass is 139 g/mol. The highest BCUT2D eigenvalue weighted by atomic mass is 32.3. The Morgan fingerprint density at radius 1 is 1.50 bits per heavy atom. The molecule has 0 spiro atoms. The zero-order valence-corrected chi connectivity index (χ0v) is 6.03. The quantitative estimate of drug-likeness (QED) is 0.536. The molecular formula is C4H13NO2S. The molecule has 0 aromatic rings. The van der Waals surface area contributed by atoms with Crippen LogP contribution in [0, 0.1) is 0 Å². The van der Waals surface area contributed by atoms with E-state index in [-0.39, 0.29) is 0 Å². The van der Waals surface area contributed by atoms with Crippen LogP contribution in [0.3, 0.4) is 0 Å². The lowest BCUT2D eigenvalue weighted by atomic mass is 10.8. The van der Waals surface area contributed by atoms with Crippen molar-refractivity contribution < 1.29 is 9.11 Å². The van der Waals surface area contributed by atoms with Gasteiger partial charge in [0.2, 0.25) is 0 Å². The summed E-state index contributed by atoms with van der Waals surface area (Å²) in [5.74, 6) is 0.448. The van der Waals surface area contributed by atoms with Gasteiger partial charge in [0.1, 0.15) is 0 Å². The third-order valence-corrected chi connectivity index (χ3v) is 1.72. The Labute approximate surface area is 51.4 Å². The summed E-state index contributed by atoms with van der Waals surface area (Å²) in [5, 5.41) is 2.83. The first-order valence-electron chi connectivity index (χ1n) is 2.42. The first-order valence-corrected chi connectivity index (χ1v) is 4.54. The number of hydrogen-bond donors (Lipinski definition) is 3. The van der Waals surface area contributed by atoms with Crippen molar-refractivity contribution in [1.82, 2.24) is 5.32 Å². The van der Waals surface area contributed by atoms with Crippen LogP contribution in [0.5, 0.6) is 0 Å². The summed E-state index contributed by atoms with van der Waals surface area (Å²) < 4.78 is 17.5. The normalized spacial score (nSPS) is 14.0. The van der Waals surface area contributed by atoms with Crippen molar-refractivity contribution in [3.8, 4) is 0 Å². The molecule has 0 radical (unpaired) electrons. The van der Waals surface area contributed by atoms with E-state index in [1.807, 2.05) is 0 Å². The van der Waals surface area contributed by atoms with Crippen LogP contribution in [0.15, 0.2) is 0 Å². The van der Waals surface area contributed by atoms with Crippen LogP contribution >= 0.6 is 10.6 Å². The zero-order chi connectivity index (χ0) is 6.62. The Balaban J connectivity index is 3.11. The molecule has 4 heteroatoms. The van der Waals surface area contributed by atoms with Gasteiger partial charge < -0.3 is 5.32 Å². The summed E-state index contributed by atoms with van der Waals surface area (Å²) >= 11 is 0. The molecule has 52 valence electrons. The topological polar surface area (TPSA) is 52.5 Å². The lowest BCUT2D eigenvalue weighted by molar-refractivity contribution is 0.493. The SMILES string of the molecule is CNCCS(C)(O)O. The van der Waals surface area contributed by atoms with Gasteiger partial charge in [0.05, 0.1) is 0 Å². The predicted octanol–water partition coefficient (Wildman–Crippen LogP) is 0.586. The maximum absolute atomic E-state index is 8.75. The second kappa shape index (κ2) is 3.29. The highest BCUT2D eigenvalue weighted by molar-refractivity contribution is 8.23. The van der Waals surface area contributed by atoms with Crippen molar-refractivity contribution in [2.24, 2.45) is 0 Å². The summed E-state index contributed by atoms with van der Waals surface area (Å²) in [6.45, 7) is 0.666. The van der Waals surface area contributed by atoms with E-state index >= 15 is 0 Å². The molecule has 0 unspecified atom stereocenters. The molecule has 0 aliphatic rings. The summed E-state index contributed by atoms with van der Waals surface area (Å²) in [4.78, 5) is 0. The van der Waals surface area contributed by atoms with E-state index in [2.05, 4.69) is 5.32 Å². The van der Waals surface area contributed by atoms with Crippen molar-refractivity contribution in [2.75, 3.05) is 25.6 Å². The standard InChI is InChI=1S/C4H13NO2S/c1-5-3-4-8(2,6)7/h5-7H,3-4H2,1-2H3. The molecule has 3 nitrogen and oxygen atoms in total. The molecule has 0 heterocycles. The van der Waals surface area contributed by atoms with Crippen molar-refractivity contribution in [1.29, 1.82) is 0 Å². The highest BCUT2D eigenvalue weighted by Crippen LogP contribution is 2.31. The Morgan fingerprint density at radius 2 is 2.00 bits per heavy atom. The van der Waals surface area contributed by atoms with E-state index in [1.54, 1.807) is 7.05 Å². The first kappa shape index (κ1) is 8.23. The highest BCUT2D eigenvalue weighted by Gasteiger charge is 1.99. The fourth-order valence-corrected chi connectivity index (χ4v) is 0.886. The van der Waals surface area contributed by atoms with Crippen LogP contribution < -0.4 is 5.32 Å². The molecule has 8 heavy (non-hydrogen) atoms. The van der Waals surface area contributed by atoms with Gasteiger partial charge in [-0.25, -0.2) is 0 Å². The van der Waals surface area contributed by atoms with Gasteiger partial charge in [0.25, 0.3) is 0 Å². The van der Waals surface area contributed by atoms with E-state index in [0.29, 0.717) is 12.3 Å². The average Bonchev–Trinajstić information content (AvgIpc) is 1.59. The zero-order valence-electron chi connectivity index (χ0n) is 5.22. The molecule has 0 saturated heterocycles. The van der Waals surface area contributed by atoms with Crippen molar-refractivity contribution in [3.05, 3.63) is 0 Å². The minimum atomic E-state index is -2.25. The summed E-state index contributed by atoms with van der Waals surface area (Å²) in [6, 6.07) is 0. The largest absolute Gasteiger partial charge is 0.318 e.